The van der Waals surface area contributed by atoms with E-state index in [2.05, 4.69) is 19.1 Å². The maximum absolute atomic E-state index is 5.80. The zero-order valence-electron chi connectivity index (χ0n) is 11.4. The third kappa shape index (κ3) is 4.74. The fourth-order valence-electron chi connectivity index (χ4n) is 1.71. The Bertz CT molecular complexity index is 347. The van der Waals surface area contributed by atoms with Crippen molar-refractivity contribution in [1.29, 1.82) is 0 Å². The van der Waals surface area contributed by atoms with E-state index in [1.165, 1.54) is 5.56 Å². The summed E-state index contributed by atoms with van der Waals surface area (Å²) in [5.74, 6) is 0. The fourth-order valence-corrected chi connectivity index (χ4v) is 3.62. The van der Waals surface area contributed by atoms with Gasteiger partial charge in [-0.1, -0.05) is 55.8 Å². The summed E-state index contributed by atoms with van der Waals surface area (Å²) < 4.78 is 16.7. The van der Waals surface area contributed by atoms with Crippen LogP contribution in [0.4, 0.5) is 0 Å². The van der Waals surface area contributed by atoms with Crippen LogP contribution in [0.25, 0.3) is 6.08 Å². The molecule has 100 valence electrons. The molecular formula is C14H22O3Si. The Hall–Kier alpha value is -0.943. The highest BCUT2D eigenvalue weighted by atomic mass is 28.4. The molecule has 4 heteroatoms. The minimum absolute atomic E-state index is 0.517. The van der Waals surface area contributed by atoms with Gasteiger partial charge in [0.2, 0.25) is 0 Å². The first-order valence-electron chi connectivity index (χ1n) is 6.22. The molecule has 0 unspecified atom stereocenters. The molecule has 0 saturated carbocycles. The Balaban J connectivity index is 2.46. The average molecular weight is 266 g/mol. The molecule has 0 aliphatic rings. The van der Waals surface area contributed by atoms with Crippen molar-refractivity contribution in [3.05, 3.63) is 42.0 Å². The lowest BCUT2D eigenvalue weighted by molar-refractivity contribution is 0.110. The minimum Gasteiger partial charge on any atom is -0.377 e. The lowest BCUT2D eigenvalue weighted by Crippen LogP contribution is -2.43. The maximum Gasteiger partial charge on any atom is 0.500 e. The van der Waals surface area contributed by atoms with Gasteiger partial charge in [0.15, 0.2) is 0 Å². The molecule has 1 aromatic carbocycles. The van der Waals surface area contributed by atoms with Crippen molar-refractivity contribution in [3.63, 3.8) is 0 Å². The Morgan fingerprint density at radius 2 is 1.78 bits per heavy atom. The van der Waals surface area contributed by atoms with E-state index in [0.717, 1.165) is 12.5 Å². The maximum atomic E-state index is 5.80. The van der Waals surface area contributed by atoms with Gasteiger partial charge in [-0.25, -0.2) is 0 Å². The van der Waals surface area contributed by atoms with Gasteiger partial charge in [0.05, 0.1) is 6.61 Å². The standard InChI is InChI=1S/C14H22O3Si/c1-4-13-18(15-2,16-3)17-12-8-11-14-9-6-5-7-10-14/h5-11H,4,12-13H2,1-3H3/b11-8+. The fraction of sp³-hybridized carbons (Fsp3) is 0.429. The molecule has 0 N–H and O–H groups in total. The molecule has 0 saturated heterocycles. The largest absolute Gasteiger partial charge is 0.500 e. The number of rotatable bonds is 8. The molecule has 3 nitrogen and oxygen atoms in total. The Morgan fingerprint density at radius 1 is 1.11 bits per heavy atom. The van der Waals surface area contributed by atoms with Gasteiger partial charge in [0.1, 0.15) is 0 Å². The molecule has 0 atom stereocenters. The first-order valence-corrected chi connectivity index (χ1v) is 8.15. The van der Waals surface area contributed by atoms with Gasteiger partial charge < -0.3 is 13.3 Å². The first kappa shape index (κ1) is 15.1. The van der Waals surface area contributed by atoms with Crippen LogP contribution in [0.2, 0.25) is 6.04 Å². The van der Waals surface area contributed by atoms with Crippen molar-refractivity contribution in [2.75, 3.05) is 20.8 Å². The van der Waals surface area contributed by atoms with Crippen LogP contribution in [0.15, 0.2) is 36.4 Å². The SMILES string of the molecule is CCC[Si](OC)(OC)OC/C=C/c1ccccc1. The summed E-state index contributed by atoms with van der Waals surface area (Å²) in [7, 11) is 0.885. The van der Waals surface area contributed by atoms with Crippen LogP contribution >= 0.6 is 0 Å². The third-order valence-corrected chi connectivity index (χ3v) is 5.65. The third-order valence-electron chi connectivity index (χ3n) is 2.69. The van der Waals surface area contributed by atoms with Gasteiger partial charge in [-0.3, -0.25) is 0 Å². The van der Waals surface area contributed by atoms with Crippen molar-refractivity contribution in [3.8, 4) is 0 Å². The molecule has 0 aromatic heterocycles. The van der Waals surface area contributed by atoms with Crippen LogP contribution < -0.4 is 0 Å². The quantitative estimate of drug-likeness (QED) is 0.675. The predicted octanol–water partition coefficient (Wildman–Crippen LogP) is 3.36. The number of hydrogen-bond acceptors (Lipinski definition) is 3. The first-order chi connectivity index (χ1) is 8.76. The van der Waals surface area contributed by atoms with Crippen LogP contribution in [-0.2, 0) is 13.3 Å². The van der Waals surface area contributed by atoms with E-state index in [9.17, 15) is 0 Å². The van der Waals surface area contributed by atoms with E-state index < -0.39 is 8.80 Å². The Kier molecular flexibility index (Phi) is 6.89. The van der Waals surface area contributed by atoms with Gasteiger partial charge in [0, 0.05) is 20.3 Å². The van der Waals surface area contributed by atoms with Gasteiger partial charge in [-0.2, -0.15) is 0 Å². The van der Waals surface area contributed by atoms with Crippen molar-refractivity contribution in [1.82, 2.24) is 0 Å². The van der Waals surface area contributed by atoms with Crippen LogP contribution in [0.5, 0.6) is 0 Å². The van der Waals surface area contributed by atoms with E-state index in [1.54, 1.807) is 14.2 Å². The number of hydrogen-bond donors (Lipinski definition) is 0. The second kappa shape index (κ2) is 8.21. The van der Waals surface area contributed by atoms with E-state index in [1.807, 2.05) is 30.4 Å². The molecule has 18 heavy (non-hydrogen) atoms. The normalized spacial score (nSPS) is 12.2. The van der Waals surface area contributed by atoms with Gasteiger partial charge in [-0.15, -0.1) is 0 Å². The van der Waals surface area contributed by atoms with Crippen LogP contribution in [0, 0.1) is 0 Å². The molecule has 0 amide bonds. The van der Waals surface area contributed by atoms with Crippen molar-refractivity contribution < 1.29 is 13.3 Å². The molecule has 0 spiro atoms. The Morgan fingerprint density at radius 3 is 2.33 bits per heavy atom. The van der Waals surface area contributed by atoms with Crippen LogP contribution in [0.1, 0.15) is 18.9 Å². The van der Waals surface area contributed by atoms with Crippen molar-refractivity contribution >= 4 is 14.9 Å². The number of benzene rings is 1. The Labute approximate surface area is 111 Å². The molecule has 0 aliphatic heterocycles. The van der Waals surface area contributed by atoms with Gasteiger partial charge >= 0.3 is 8.80 Å². The van der Waals surface area contributed by atoms with Gasteiger partial charge in [0.25, 0.3) is 0 Å². The average Bonchev–Trinajstić information content (AvgIpc) is 2.43. The molecule has 0 aliphatic carbocycles. The zero-order valence-corrected chi connectivity index (χ0v) is 12.4. The molecule has 0 radical (unpaired) electrons. The highest BCUT2D eigenvalue weighted by Gasteiger charge is 2.37. The summed E-state index contributed by atoms with van der Waals surface area (Å²) in [5.41, 5.74) is 1.17. The lowest BCUT2D eigenvalue weighted by atomic mass is 10.2. The van der Waals surface area contributed by atoms with Crippen LogP contribution in [0.3, 0.4) is 0 Å². The van der Waals surface area contributed by atoms with Crippen LogP contribution in [-0.4, -0.2) is 29.6 Å². The summed E-state index contributed by atoms with van der Waals surface area (Å²) in [4.78, 5) is 0. The minimum atomic E-state index is -2.43. The smallest absolute Gasteiger partial charge is 0.377 e. The topological polar surface area (TPSA) is 27.7 Å². The predicted molar refractivity (Wildman–Crippen MR) is 76.3 cm³/mol. The molecule has 0 fully saturated rings. The monoisotopic (exact) mass is 266 g/mol. The summed E-state index contributed by atoms with van der Waals surface area (Å²) in [5, 5.41) is 0. The van der Waals surface area contributed by atoms with Gasteiger partial charge in [-0.05, 0) is 5.56 Å². The highest BCUT2D eigenvalue weighted by Crippen LogP contribution is 2.15. The summed E-state index contributed by atoms with van der Waals surface area (Å²) in [6.07, 6.45) is 5.03. The second-order valence-electron chi connectivity index (χ2n) is 3.97. The molecule has 1 aromatic rings. The summed E-state index contributed by atoms with van der Waals surface area (Å²) in [6.45, 7) is 2.62. The van der Waals surface area contributed by atoms with E-state index in [-0.39, 0.29) is 0 Å². The molecule has 0 bridgehead atoms. The van der Waals surface area contributed by atoms with Crippen molar-refractivity contribution in [2.24, 2.45) is 0 Å². The zero-order chi connectivity index (χ0) is 13.3. The summed E-state index contributed by atoms with van der Waals surface area (Å²) >= 11 is 0. The molecule has 0 heterocycles. The molecule has 1 rings (SSSR count). The van der Waals surface area contributed by atoms with Crippen molar-refractivity contribution in [2.45, 2.75) is 19.4 Å². The van der Waals surface area contributed by atoms with E-state index in [0.29, 0.717) is 6.61 Å². The highest BCUT2D eigenvalue weighted by molar-refractivity contribution is 6.60. The van der Waals surface area contributed by atoms with E-state index in [4.69, 9.17) is 13.3 Å². The molecular weight excluding hydrogens is 244 g/mol. The summed E-state index contributed by atoms with van der Waals surface area (Å²) in [6, 6.07) is 11.0. The lowest BCUT2D eigenvalue weighted by Gasteiger charge is -2.25. The van der Waals surface area contributed by atoms with E-state index >= 15 is 0 Å². The second-order valence-corrected chi connectivity index (χ2v) is 6.94.